The quantitative estimate of drug-likeness (QED) is 0.724. The second-order valence-corrected chi connectivity index (χ2v) is 6.42. The molecule has 1 fully saturated rings. The van der Waals surface area contributed by atoms with Crippen LogP contribution in [0.4, 0.5) is 0 Å². The fourth-order valence-corrected chi connectivity index (χ4v) is 4.40. The average molecular weight is 229 g/mol. The Kier molecular flexibility index (Phi) is 6.06. The molecule has 0 aliphatic heterocycles. The van der Waals surface area contributed by atoms with Gasteiger partial charge in [0.05, 0.1) is 0 Å². The van der Waals surface area contributed by atoms with Gasteiger partial charge in [-0.25, -0.2) is 0 Å². The molecule has 0 spiro atoms. The highest BCUT2D eigenvalue weighted by Crippen LogP contribution is 2.36. The van der Waals surface area contributed by atoms with Crippen LogP contribution in [0.15, 0.2) is 0 Å². The monoisotopic (exact) mass is 229 g/mol. The van der Waals surface area contributed by atoms with Crippen molar-refractivity contribution in [3.8, 4) is 0 Å². The van der Waals surface area contributed by atoms with Crippen molar-refractivity contribution in [1.29, 1.82) is 0 Å². The van der Waals surface area contributed by atoms with Crippen LogP contribution >= 0.6 is 11.8 Å². The van der Waals surface area contributed by atoms with E-state index in [0.717, 1.165) is 23.1 Å². The van der Waals surface area contributed by atoms with Gasteiger partial charge in [0.15, 0.2) is 0 Å². The van der Waals surface area contributed by atoms with Crippen LogP contribution in [-0.2, 0) is 0 Å². The van der Waals surface area contributed by atoms with Crippen molar-refractivity contribution in [2.75, 3.05) is 12.8 Å². The molecule has 15 heavy (non-hydrogen) atoms. The van der Waals surface area contributed by atoms with E-state index in [9.17, 15) is 0 Å². The number of hydrogen-bond donors (Lipinski definition) is 1. The predicted octanol–water partition coefficient (Wildman–Crippen LogP) is 3.54. The SMILES string of the molecule is CCCCSC1C(C)CC(C)CC1NC. The molecule has 1 rings (SSSR count). The van der Waals surface area contributed by atoms with Crippen molar-refractivity contribution in [1.82, 2.24) is 5.32 Å². The summed E-state index contributed by atoms with van der Waals surface area (Å²) in [6.45, 7) is 7.11. The minimum atomic E-state index is 0.741. The average Bonchev–Trinajstić information content (AvgIpc) is 2.20. The highest BCUT2D eigenvalue weighted by atomic mass is 32.2. The third-order valence-electron chi connectivity index (χ3n) is 3.57. The molecular weight excluding hydrogens is 202 g/mol. The minimum Gasteiger partial charge on any atom is -0.316 e. The molecule has 0 aromatic heterocycles. The van der Waals surface area contributed by atoms with Crippen LogP contribution < -0.4 is 5.32 Å². The Bertz CT molecular complexity index is 172. The molecule has 90 valence electrons. The van der Waals surface area contributed by atoms with Crippen LogP contribution in [0.3, 0.4) is 0 Å². The predicted molar refractivity (Wildman–Crippen MR) is 71.6 cm³/mol. The molecule has 0 amide bonds. The summed E-state index contributed by atoms with van der Waals surface area (Å²) in [6.07, 6.45) is 5.49. The first-order valence-electron chi connectivity index (χ1n) is 6.47. The minimum absolute atomic E-state index is 0.741. The van der Waals surface area contributed by atoms with Crippen LogP contribution in [0.2, 0.25) is 0 Å². The highest BCUT2D eigenvalue weighted by molar-refractivity contribution is 7.99. The first-order valence-corrected chi connectivity index (χ1v) is 7.52. The summed E-state index contributed by atoms with van der Waals surface area (Å²) < 4.78 is 0. The van der Waals surface area contributed by atoms with Crippen molar-refractivity contribution in [2.45, 2.75) is 57.7 Å². The molecule has 1 saturated carbocycles. The lowest BCUT2D eigenvalue weighted by atomic mass is 9.80. The van der Waals surface area contributed by atoms with E-state index in [4.69, 9.17) is 0 Å². The lowest BCUT2D eigenvalue weighted by Gasteiger charge is -2.39. The topological polar surface area (TPSA) is 12.0 Å². The zero-order chi connectivity index (χ0) is 11.3. The standard InChI is InChI=1S/C13H27NS/c1-5-6-7-15-13-11(3)8-10(2)9-12(13)14-4/h10-14H,5-9H2,1-4H3. The molecule has 1 N–H and O–H groups in total. The fraction of sp³-hybridized carbons (Fsp3) is 1.00. The second kappa shape index (κ2) is 6.80. The molecule has 0 aromatic carbocycles. The van der Waals surface area contributed by atoms with Crippen LogP contribution in [-0.4, -0.2) is 24.1 Å². The van der Waals surface area contributed by atoms with E-state index in [0.29, 0.717) is 0 Å². The van der Waals surface area contributed by atoms with Gasteiger partial charge in [0.25, 0.3) is 0 Å². The number of hydrogen-bond acceptors (Lipinski definition) is 2. The molecule has 4 atom stereocenters. The van der Waals surface area contributed by atoms with E-state index in [-0.39, 0.29) is 0 Å². The van der Waals surface area contributed by atoms with Crippen molar-refractivity contribution in [3.05, 3.63) is 0 Å². The summed E-state index contributed by atoms with van der Waals surface area (Å²) >= 11 is 2.20. The second-order valence-electron chi connectivity index (χ2n) is 5.14. The summed E-state index contributed by atoms with van der Waals surface area (Å²) in [5.74, 6) is 3.13. The van der Waals surface area contributed by atoms with E-state index < -0.39 is 0 Å². The largest absolute Gasteiger partial charge is 0.316 e. The lowest BCUT2D eigenvalue weighted by molar-refractivity contribution is 0.257. The van der Waals surface area contributed by atoms with Gasteiger partial charge in [0, 0.05) is 11.3 Å². The Labute approximate surface area is 99.8 Å². The molecule has 4 unspecified atom stereocenters. The summed E-state index contributed by atoms with van der Waals surface area (Å²) in [5, 5.41) is 4.37. The van der Waals surface area contributed by atoms with Crippen LogP contribution in [0.25, 0.3) is 0 Å². The Morgan fingerprint density at radius 1 is 1.27 bits per heavy atom. The van der Waals surface area contributed by atoms with Crippen LogP contribution in [0, 0.1) is 11.8 Å². The van der Waals surface area contributed by atoms with Gasteiger partial charge in [0.2, 0.25) is 0 Å². The number of thioether (sulfide) groups is 1. The van der Waals surface area contributed by atoms with Crippen LogP contribution in [0.1, 0.15) is 46.5 Å². The van der Waals surface area contributed by atoms with E-state index in [1.807, 2.05) is 0 Å². The van der Waals surface area contributed by atoms with Crippen LogP contribution in [0.5, 0.6) is 0 Å². The van der Waals surface area contributed by atoms with Gasteiger partial charge in [-0.2, -0.15) is 11.8 Å². The molecule has 1 nitrogen and oxygen atoms in total. The zero-order valence-corrected chi connectivity index (χ0v) is 11.6. The van der Waals surface area contributed by atoms with E-state index in [1.54, 1.807) is 0 Å². The molecule has 0 radical (unpaired) electrons. The molecule has 0 saturated heterocycles. The van der Waals surface area contributed by atoms with E-state index in [1.165, 1.54) is 31.4 Å². The molecule has 0 bridgehead atoms. The fourth-order valence-electron chi connectivity index (χ4n) is 2.76. The smallest absolute Gasteiger partial charge is 0.0226 e. The number of nitrogens with one attached hydrogen (secondary N) is 1. The Morgan fingerprint density at radius 3 is 2.60 bits per heavy atom. The third kappa shape index (κ3) is 3.99. The van der Waals surface area contributed by atoms with Crippen molar-refractivity contribution in [3.63, 3.8) is 0 Å². The summed E-state index contributed by atoms with van der Waals surface area (Å²) in [7, 11) is 2.13. The normalized spacial score (nSPS) is 36.8. The molecule has 2 heteroatoms. The maximum Gasteiger partial charge on any atom is 0.0226 e. The maximum absolute atomic E-state index is 3.52. The van der Waals surface area contributed by atoms with Crippen molar-refractivity contribution >= 4 is 11.8 Å². The molecule has 0 aromatic rings. The first kappa shape index (κ1) is 13.4. The van der Waals surface area contributed by atoms with Gasteiger partial charge in [-0.1, -0.05) is 27.2 Å². The van der Waals surface area contributed by atoms with E-state index in [2.05, 4.69) is 44.9 Å². The Morgan fingerprint density at radius 2 is 2.00 bits per heavy atom. The summed E-state index contributed by atoms with van der Waals surface area (Å²) in [4.78, 5) is 0. The Hall–Kier alpha value is 0.310. The first-order chi connectivity index (χ1) is 7.19. The third-order valence-corrected chi connectivity index (χ3v) is 5.27. The molecule has 1 aliphatic carbocycles. The molecule has 1 aliphatic rings. The highest BCUT2D eigenvalue weighted by Gasteiger charge is 2.32. The number of unbranched alkanes of at least 4 members (excludes halogenated alkanes) is 1. The van der Waals surface area contributed by atoms with Gasteiger partial charge in [-0.3, -0.25) is 0 Å². The van der Waals surface area contributed by atoms with E-state index >= 15 is 0 Å². The van der Waals surface area contributed by atoms with Crippen molar-refractivity contribution < 1.29 is 0 Å². The van der Waals surface area contributed by atoms with Gasteiger partial charge >= 0.3 is 0 Å². The van der Waals surface area contributed by atoms with Gasteiger partial charge in [-0.05, 0) is 43.9 Å². The zero-order valence-electron chi connectivity index (χ0n) is 10.8. The van der Waals surface area contributed by atoms with Gasteiger partial charge in [0.1, 0.15) is 0 Å². The lowest BCUT2D eigenvalue weighted by Crippen LogP contribution is -2.45. The summed E-state index contributed by atoms with van der Waals surface area (Å²) in [5.41, 5.74) is 0. The maximum atomic E-state index is 3.52. The van der Waals surface area contributed by atoms with Gasteiger partial charge in [-0.15, -0.1) is 0 Å². The van der Waals surface area contributed by atoms with Crippen molar-refractivity contribution in [2.24, 2.45) is 11.8 Å². The molecule has 0 heterocycles. The number of rotatable bonds is 5. The summed E-state index contributed by atoms with van der Waals surface area (Å²) in [6, 6.07) is 0.741. The molecular formula is C13H27NS. The Balaban J connectivity index is 2.42. The van der Waals surface area contributed by atoms with Gasteiger partial charge < -0.3 is 5.32 Å².